The highest BCUT2D eigenvalue weighted by molar-refractivity contribution is 7.19. The van der Waals surface area contributed by atoms with Crippen LogP contribution in [0.4, 0.5) is 5.13 Å². The number of nitrogens with zero attached hydrogens (tertiary/aromatic N) is 2. The molecule has 0 aromatic carbocycles. The Bertz CT molecular complexity index is 778. The fraction of sp³-hybridized carbons (Fsp3) is 0.154. The molecule has 1 amide bonds. The summed E-state index contributed by atoms with van der Waals surface area (Å²) in [6, 6.07) is 1.94. The lowest BCUT2D eigenvalue weighted by Crippen LogP contribution is -2.04. The first kappa shape index (κ1) is 12.6. The molecule has 0 saturated carbocycles. The third kappa shape index (κ3) is 2.12. The summed E-state index contributed by atoms with van der Waals surface area (Å²) in [4.78, 5) is 23.7. The van der Waals surface area contributed by atoms with Crippen LogP contribution in [-0.4, -0.2) is 28.0 Å². The van der Waals surface area contributed by atoms with E-state index in [1.807, 2.05) is 12.3 Å². The van der Waals surface area contributed by atoms with E-state index in [1.54, 1.807) is 19.5 Å². The van der Waals surface area contributed by atoms with Crippen molar-refractivity contribution in [2.24, 2.45) is 0 Å². The van der Waals surface area contributed by atoms with E-state index in [1.165, 1.54) is 18.3 Å². The second-order valence-electron chi connectivity index (χ2n) is 4.15. The Labute approximate surface area is 118 Å². The number of carbonyl (C=O) groups excluding carboxylic acids is 1. The van der Waals surface area contributed by atoms with Crippen LogP contribution in [0.25, 0.3) is 21.5 Å². The van der Waals surface area contributed by atoms with Crippen LogP contribution in [0.15, 0.2) is 24.7 Å². The van der Waals surface area contributed by atoms with Crippen molar-refractivity contribution in [1.82, 2.24) is 15.0 Å². The van der Waals surface area contributed by atoms with Crippen LogP contribution < -0.4 is 10.1 Å². The fourth-order valence-corrected chi connectivity index (χ4v) is 2.83. The molecule has 3 aromatic rings. The van der Waals surface area contributed by atoms with Crippen LogP contribution >= 0.6 is 11.3 Å². The Kier molecular flexibility index (Phi) is 3.11. The van der Waals surface area contributed by atoms with E-state index in [-0.39, 0.29) is 5.91 Å². The highest BCUT2D eigenvalue weighted by atomic mass is 32.1. The van der Waals surface area contributed by atoms with Gasteiger partial charge in [-0.3, -0.25) is 4.79 Å². The molecule has 0 aliphatic rings. The number of ether oxygens (including phenoxy) is 1. The number of fused-ring (bicyclic) bond motifs is 1. The summed E-state index contributed by atoms with van der Waals surface area (Å²) in [6.07, 6.45) is 5.22. The molecule has 3 rings (SSSR count). The molecule has 0 fully saturated rings. The molecule has 0 unspecified atom stereocenters. The molecule has 0 aliphatic heterocycles. The topological polar surface area (TPSA) is 79.9 Å². The Hall–Kier alpha value is -2.41. The minimum Gasteiger partial charge on any atom is -0.494 e. The molecule has 2 N–H and O–H groups in total. The molecule has 102 valence electrons. The molecule has 3 aromatic heterocycles. The van der Waals surface area contributed by atoms with Gasteiger partial charge >= 0.3 is 0 Å². The van der Waals surface area contributed by atoms with Gasteiger partial charge in [0.2, 0.25) is 5.91 Å². The predicted octanol–water partition coefficient (Wildman–Crippen LogP) is 2.65. The van der Waals surface area contributed by atoms with E-state index < -0.39 is 0 Å². The molecular weight excluding hydrogens is 276 g/mol. The first-order valence-electron chi connectivity index (χ1n) is 5.93. The number of carbonyl (C=O) groups is 1. The lowest BCUT2D eigenvalue weighted by molar-refractivity contribution is -0.114. The zero-order chi connectivity index (χ0) is 14.1. The SMILES string of the molecule is COc1cnc(-c2cnc(NC(C)=O)s2)c2[nH]ccc12. The van der Waals surface area contributed by atoms with E-state index in [2.05, 4.69) is 20.3 Å². The van der Waals surface area contributed by atoms with Gasteiger partial charge in [-0.25, -0.2) is 9.97 Å². The van der Waals surface area contributed by atoms with Gasteiger partial charge in [0.05, 0.1) is 23.7 Å². The van der Waals surface area contributed by atoms with E-state index >= 15 is 0 Å². The van der Waals surface area contributed by atoms with Crippen molar-refractivity contribution in [3.05, 3.63) is 24.7 Å². The number of anilines is 1. The molecule has 20 heavy (non-hydrogen) atoms. The van der Waals surface area contributed by atoms with Crippen LogP contribution in [0.2, 0.25) is 0 Å². The van der Waals surface area contributed by atoms with Crippen molar-refractivity contribution >= 4 is 33.3 Å². The van der Waals surface area contributed by atoms with Crippen molar-refractivity contribution in [3.8, 4) is 16.3 Å². The Morgan fingerprint density at radius 2 is 2.25 bits per heavy atom. The second kappa shape index (κ2) is 4.93. The molecule has 3 heterocycles. The van der Waals surface area contributed by atoms with E-state index in [9.17, 15) is 4.79 Å². The van der Waals surface area contributed by atoms with Gasteiger partial charge in [-0.15, -0.1) is 0 Å². The summed E-state index contributed by atoms with van der Waals surface area (Å²) in [7, 11) is 1.62. The second-order valence-corrected chi connectivity index (χ2v) is 5.18. The largest absolute Gasteiger partial charge is 0.494 e. The minimum atomic E-state index is -0.140. The highest BCUT2D eigenvalue weighted by Gasteiger charge is 2.13. The van der Waals surface area contributed by atoms with Gasteiger partial charge in [-0.1, -0.05) is 11.3 Å². The molecule has 0 aliphatic carbocycles. The lowest BCUT2D eigenvalue weighted by Gasteiger charge is -2.04. The number of aromatic nitrogens is 3. The van der Waals surface area contributed by atoms with Crippen molar-refractivity contribution < 1.29 is 9.53 Å². The fourth-order valence-electron chi connectivity index (χ4n) is 1.97. The highest BCUT2D eigenvalue weighted by Crippen LogP contribution is 2.35. The molecule has 0 bridgehead atoms. The van der Waals surface area contributed by atoms with Gasteiger partial charge in [0.15, 0.2) is 5.13 Å². The van der Waals surface area contributed by atoms with Gasteiger partial charge in [-0.2, -0.15) is 0 Å². The number of hydrogen-bond donors (Lipinski definition) is 2. The molecular formula is C13H12N4O2S. The number of amides is 1. The Balaban J connectivity index is 2.08. The summed E-state index contributed by atoms with van der Waals surface area (Å²) in [5.41, 5.74) is 1.68. The standard InChI is InChI=1S/C13H12N4O2S/c1-7(18)17-13-16-6-10(20-13)12-11-8(3-4-14-11)9(19-2)5-15-12/h3-6,14H,1-2H3,(H,16,17,18). The smallest absolute Gasteiger partial charge is 0.223 e. The maximum atomic E-state index is 11.0. The number of nitrogens with one attached hydrogen (secondary N) is 2. The molecule has 7 heteroatoms. The normalized spacial score (nSPS) is 10.7. The zero-order valence-corrected chi connectivity index (χ0v) is 11.7. The summed E-state index contributed by atoms with van der Waals surface area (Å²) < 4.78 is 5.28. The van der Waals surface area contributed by atoms with E-state index in [0.717, 1.165) is 27.2 Å². The predicted molar refractivity (Wildman–Crippen MR) is 78.1 cm³/mol. The van der Waals surface area contributed by atoms with Gasteiger partial charge in [0, 0.05) is 24.7 Å². The van der Waals surface area contributed by atoms with Gasteiger partial charge in [0.25, 0.3) is 0 Å². The maximum absolute atomic E-state index is 11.0. The number of methoxy groups -OCH3 is 1. The van der Waals surface area contributed by atoms with Crippen LogP contribution in [0.3, 0.4) is 0 Å². The molecule has 6 nitrogen and oxygen atoms in total. The lowest BCUT2D eigenvalue weighted by atomic mass is 10.2. The number of pyridine rings is 1. The summed E-state index contributed by atoms with van der Waals surface area (Å²) in [5, 5.41) is 4.19. The minimum absolute atomic E-state index is 0.140. The molecule has 0 saturated heterocycles. The van der Waals surface area contributed by atoms with Gasteiger partial charge in [-0.05, 0) is 6.07 Å². The number of hydrogen-bond acceptors (Lipinski definition) is 5. The van der Waals surface area contributed by atoms with Crippen molar-refractivity contribution in [1.29, 1.82) is 0 Å². The van der Waals surface area contributed by atoms with Gasteiger partial charge in [0.1, 0.15) is 11.4 Å². The van der Waals surface area contributed by atoms with E-state index in [4.69, 9.17) is 4.74 Å². The first-order chi connectivity index (χ1) is 9.69. The molecule has 0 atom stereocenters. The first-order valence-corrected chi connectivity index (χ1v) is 6.74. The van der Waals surface area contributed by atoms with Crippen LogP contribution in [0, 0.1) is 0 Å². The monoisotopic (exact) mass is 288 g/mol. The van der Waals surface area contributed by atoms with Crippen molar-refractivity contribution in [2.75, 3.05) is 12.4 Å². The summed E-state index contributed by atoms with van der Waals surface area (Å²) in [5.74, 6) is 0.579. The third-order valence-electron chi connectivity index (χ3n) is 2.80. The number of H-pyrrole nitrogens is 1. The number of rotatable bonds is 3. The van der Waals surface area contributed by atoms with Crippen LogP contribution in [0.5, 0.6) is 5.75 Å². The van der Waals surface area contributed by atoms with Crippen molar-refractivity contribution in [2.45, 2.75) is 6.92 Å². The van der Waals surface area contributed by atoms with Crippen LogP contribution in [-0.2, 0) is 4.79 Å². The number of thiazole rings is 1. The maximum Gasteiger partial charge on any atom is 0.223 e. The van der Waals surface area contributed by atoms with Gasteiger partial charge < -0.3 is 15.0 Å². The average Bonchev–Trinajstić information content (AvgIpc) is 3.05. The average molecular weight is 288 g/mol. The molecule has 0 spiro atoms. The zero-order valence-electron chi connectivity index (χ0n) is 10.9. The Morgan fingerprint density at radius 3 is 3.00 bits per heavy atom. The Morgan fingerprint density at radius 1 is 1.40 bits per heavy atom. The third-order valence-corrected chi connectivity index (χ3v) is 3.72. The van der Waals surface area contributed by atoms with Crippen molar-refractivity contribution in [3.63, 3.8) is 0 Å². The summed E-state index contributed by atoms with van der Waals surface area (Å²) in [6.45, 7) is 1.45. The molecule has 0 radical (unpaired) electrons. The van der Waals surface area contributed by atoms with E-state index in [0.29, 0.717) is 5.13 Å². The van der Waals surface area contributed by atoms with Crippen LogP contribution in [0.1, 0.15) is 6.92 Å². The summed E-state index contributed by atoms with van der Waals surface area (Å²) >= 11 is 1.38. The quantitative estimate of drug-likeness (QED) is 0.776. The number of aromatic amines is 1.